The molecule has 2 nitrogen and oxygen atoms in total. The van der Waals surface area contributed by atoms with Gasteiger partial charge in [0.1, 0.15) is 0 Å². The van der Waals surface area contributed by atoms with Crippen molar-refractivity contribution >= 4 is 14.8 Å². The summed E-state index contributed by atoms with van der Waals surface area (Å²) in [7, 11) is -1.49. The Balaban J connectivity index is 4.11. The average Bonchev–Trinajstić information content (AvgIpc) is 2.08. The van der Waals surface area contributed by atoms with Crippen molar-refractivity contribution in [1.82, 2.24) is 0 Å². The summed E-state index contributed by atoms with van der Waals surface area (Å²) < 4.78 is 40.5. The van der Waals surface area contributed by atoms with E-state index >= 15 is 0 Å². The van der Waals surface area contributed by atoms with Gasteiger partial charge in [-0.15, -0.1) is 0 Å². The van der Waals surface area contributed by atoms with Gasteiger partial charge in [0.25, 0.3) is 0 Å². The van der Waals surface area contributed by atoms with Gasteiger partial charge in [-0.3, -0.25) is 4.79 Å². The molecule has 0 aromatic heterocycles. The molecule has 0 N–H and O–H groups in total. The number of hydrogen-bond acceptors (Lipinski definition) is 2. The molecule has 0 fully saturated rings. The lowest BCUT2D eigenvalue weighted by atomic mass is 10.3. The third kappa shape index (κ3) is 5.93. The minimum atomic E-state index is -4.87. The van der Waals surface area contributed by atoms with Gasteiger partial charge in [-0.25, -0.2) is 0 Å². The van der Waals surface area contributed by atoms with Crippen molar-refractivity contribution in [3.63, 3.8) is 0 Å². The van der Waals surface area contributed by atoms with Crippen molar-refractivity contribution in [3.05, 3.63) is 0 Å². The normalized spacial score (nSPS) is 13.9. The summed E-state index contributed by atoms with van der Waals surface area (Å²) in [6.07, 6.45) is -4.87. The molecule has 0 aliphatic rings. The van der Waals surface area contributed by atoms with Gasteiger partial charge in [0.15, 0.2) is 9.04 Å². The molecule has 0 radical (unpaired) electrons. The Hall–Kier alpha value is -0.803. The van der Waals surface area contributed by atoms with E-state index in [0.29, 0.717) is 0 Å². The second-order valence-electron chi connectivity index (χ2n) is 4.45. The van der Waals surface area contributed by atoms with Crippen LogP contribution in [0.1, 0.15) is 20.8 Å². The average molecular weight is 252 g/mol. The molecule has 16 heavy (non-hydrogen) atoms. The molecule has 0 aliphatic carbocycles. The first-order valence-corrected chi connectivity index (χ1v) is 6.97. The predicted octanol–water partition coefficient (Wildman–Crippen LogP) is 2.29. The first-order chi connectivity index (χ1) is 7.05. The Morgan fingerprint density at radius 3 is 2.19 bits per heavy atom. The highest BCUT2D eigenvalue weighted by Gasteiger charge is 2.37. The Morgan fingerprint density at radius 2 is 1.81 bits per heavy atom. The molecular weight excluding hydrogens is 237 g/mol. The van der Waals surface area contributed by atoms with Gasteiger partial charge in [-0.05, 0) is 17.5 Å². The van der Waals surface area contributed by atoms with Gasteiger partial charge < -0.3 is 4.43 Å². The van der Waals surface area contributed by atoms with Crippen molar-refractivity contribution in [1.29, 1.82) is 0 Å². The number of halogens is 3. The highest BCUT2D eigenvalue weighted by atomic mass is 28.3. The summed E-state index contributed by atoms with van der Waals surface area (Å²) in [5, 5.41) is 0.0235. The first kappa shape index (κ1) is 15.2. The second kappa shape index (κ2) is 5.50. The van der Waals surface area contributed by atoms with Crippen molar-refractivity contribution < 1.29 is 22.4 Å². The van der Waals surface area contributed by atoms with Crippen molar-refractivity contribution in [2.45, 2.75) is 38.5 Å². The fraction of sp³-hybridized carbons (Fsp3) is 0.700. The Morgan fingerprint density at radius 1 is 1.31 bits per heavy atom. The first-order valence-electron chi connectivity index (χ1n) is 4.77. The van der Waals surface area contributed by atoms with Gasteiger partial charge in [0.2, 0.25) is 0 Å². The lowest BCUT2D eigenvalue weighted by Crippen LogP contribution is -2.26. The van der Waals surface area contributed by atoms with Crippen LogP contribution in [0.5, 0.6) is 0 Å². The van der Waals surface area contributed by atoms with Gasteiger partial charge >= 0.3 is 12.0 Å². The van der Waals surface area contributed by atoms with E-state index < -0.39 is 21.0 Å². The number of carbonyl (C=O) groups is 1. The maximum atomic E-state index is 11.7. The van der Waals surface area contributed by atoms with E-state index in [1.54, 1.807) is 0 Å². The van der Waals surface area contributed by atoms with E-state index in [9.17, 15) is 18.0 Å². The van der Waals surface area contributed by atoms with Gasteiger partial charge in [0, 0.05) is 0 Å². The molecule has 1 unspecified atom stereocenters. The molecule has 0 rings (SSSR count). The third-order valence-corrected chi connectivity index (χ3v) is 5.19. The quantitative estimate of drug-likeness (QED) is 0.428. The third-order valence-electron chi connectivity index (χ3n) is 2.08. The van der Waals surface area contributed by atoms with Crippen LogP contribution in [0.2, 0.25) is 11.6 Å². The molecule has 0 aromatic rings. The largest absolute Gasteiger partial charge is 0.462 e. The maximum absolute atomic E-state index is 11.7. The summed E-state index contributed by atoms with van der Waals surface area (Å²) in [5.41, 5.74) is 0. The van der Waals surface area contributed by atoms with Crippen LogP contribution < -0.4 is 0 Å². The zero-order valence-electron chi connectivity index (χ0n) is 9.73. The van der Waals surface area contributed by atoms with Crippen molar-refractivity contribution in [3.8, 4) is 11.8 Å². The minimum Gasteiger partial charge on any atom is -0.409 e. The molecule has 0 spiro atoms. The van der Waals surface area contributed by atoms with Crippen LogP contribution in [-0.2, 0) is 9.22 Å². The highest BCUT2D eigenvalue weighted by molar-refractivity contribution is 6.53. The predicted molar refractivity (Wildman–Crippen MR) is 57.5 cm³/mol. The second-order valence-corrected chi connectivity index (χ2v) is 7.80. The SMILES string of the molecule is C[SiH](OCC#CC(=O)C(F)(F)F)C(C)(C)C. The molecule has 0 amide bonds. The van der Waals surface area contributed by atoms with E-state index in [2.05, 4.69) is 5.92 Å². The Bertz CT molecular complexity index is 307. The van der Waals surface area contributed by atoms with Crippen molar-refractivity contribution in [2.75, 3.05) is 6.61 Å². The van der Waals surface area contributed by atoms with Gasteiger partial charge in [-0.2, -0.15) is 13.2 Å². The summed E-state index contributed by atoms with van der Waals surface area (Å²) in [6.45, 7) is 7.81. The lowest BCUT2D eigenvalue weighted by Gasteiger charge is -2.24. The van der Waals surface area contributed by atoms with E-state index in [1.165, 1.54) is 5.92 Å². The van der Waals surface area contributed by atoms with E-state index in [-0.39, 0.29) is 11.6 Å². The van der Waals surface area contributed by atoms with Crippen LogP contribution in [-0.4, -0.2) is 27.6 Å². The number of alkyl halides is 3. The van der Waals surface area contributed by atoms with Crippen LogP contribution in [0.3, 0.4) is 0 Å². The summed E-state index contributed by atoms with van der Waals surface area (Å²) in [5.74, 6) is 1.57. The zero-order valence-corrected chi connectivity index (χ0v) is 10.9. The lowest BCUT2D eigenvalue weighted by molar-refractivity contribution is -0.164. The van der Waals surface area contributed by atoms with Gasteiger partial charge in [0.05, 0.1) is 6.61 Å². The smallest absolute Gasteiger partial charge is 0.409 e. The van der Waals surface area contributed by atoms with Gasteiger partial charge in [-0.1, -0.05) is 26.7 Å². The van der Waals surface area contributed by atoms with Crippen LogP contribution in [0, 0.1) is 11.8 Å². The summed E-state index contributed by atoms with van der Waals surface area (Å²) in [4.78, 5) is 10.4. The zero-order chi connectivity index (χ0) is 13.0. The fourth-order valence-electron chi connectivity index (χ4n) is 0.604. The monoisotopic (exact) mass is 252 g/mol. The molecule has 0 saturated carbocycles. The Kier molecular flexibility index (Phi) is 5.23. The number of hydrogen-bond donors (Lipinski definition) is 0. The summed E-state index contributed by atoms with van der Waals surface area (Å²) in [6, 6.07) is 0. The molecule has 1 atom stereocenters. The number of Topliss-reactive ketones (excluding diaryl/α,β-unsaturated/α-hetero) is 1. The van der Waals surface area contributed by atoms with Crippen LogP contribution in [0.15, 0.2) is 0 Å². The molecule has 0 saturated heterocycles. The highest BCUT2D eigenvalue weighted by Crippen LogP contribution is 2.26. The Labute approximate surface area is 94.9 Å². The molecule has 0 heterocycles. The van der Waals surface area contributed by atoms with E-state index in [1.807, 2.05) is 27.3 Å². The topological polar surface area (TPSA) is 26.3 Å². The maximum Gasteiger partial charge on any atom is 0.462 e. The number of carbonyl (C=O) groups excluding carboxylic acids is 1. The minimum absolute atomic E-state index is 0.0235. The molecule has 0 aliphatic heterocycles. The van der Waals surface area contributed by atoms with Crippen LogP contribution >= 0.6 is 0 Å². The van der Waals surface area contributed by atoms with Crippen LogP contribution in [0.4, 0.5) is 13.2 Å². The van der Waals surface area contributed by atoms with E-state index in [0.717, 1.165) is 0 Å². The van der Waals surface area contributed by atoms with E-state index in [4.69, 9.17) is 4.43 Å². The molecular formula is C10H15F3O2Si. The standard InChI is InChI=1S/C10H15F3O2Si/c1-9(2,3)16(4)15-7-5-6-8(14)10(11,12)13/h16H,7H2,1-4H3. The molecule has 92 valence electrons. The fourth-order valence-corrected chi connectivity index (χ4v) is 1.44. The van der Waals surface area contributed by atoms with Crippen LogP contribution in [0.25, 0.3) is 0 Å². The van der Waals surface area contributed by atoms with Crippen molar-refractivity contribution in [2.24, 2.45) is 0 Å². The number of ketones is 1. The summed E-state index contributed by atoms with van der Waals surface area (Å²) >= 11 is 0. The molecule has 0 bridgehead atoms. The molecule has 6 heteroatoms. The number of rotatable bonds is 2. The molecule has 0 aromatic carbocycles.